The first kappa shape index (κ1) is 17.1. The number of ketones is 1. The smallest absolute Gasteiger partial charge is 1.00 e. The molecule has 0 aliphatic carbocycles. The Morgan fingerprint density at radius 2 is 1.94 bits per heavy atom. The topological polar surface area (TPSA) is 43.4 Å². The number of ether oxygens (including phenoxy) is 1. The van der Waals surface area contributed by atoms with E-state index in [4.69, 9.17) is 4.74 Å². The number of esters is 1. The second-order valence-corrected chi connectivity index (χ2v) is 4.01. The summed E-state index contributed by atoms with van der Waals surface area (Å²) >= 11 is 0. The summed E-state index contributed by atoms with van der Waals surface area (Å²) in [4.78, 5) is 24.1. The zero-order valence-electron chi connectivity index (χ0n) is 12.1. The van der Waals surface area contributed by atoms with E-state index in [2.05, 4.69) is 6.58 Å². The summed E-state index contributed by atoms with van der Waals surface area (Å²) in [5, 5.41) is 0. The van der Waals surface area contributed by atoms with E-state index in [9.17, 15) is 9.59 Å². The van der Waals surface area contributed by atoms with E-state index in [-0.39, 0.29) is 43.2 Å². The third-order valence-electron chi connectivity index (χ3n) is 2.73. The van der Waals surface area contributed by atoms with Crippen LogP contribution in [-0.4, -0.2) is 18.9 Å². The Labute approximate surface area is 131 Å². The van der Waals surface area contributed by atoms with Crippen molar-refractivity contribution in [3.05, 3.63) is 48.6 Å². The van der Waals surface area contributed by atoms with Crippen LogP contribution < -0.4 is 29.6 Å². The minimum atomic E-state index is -1.20. The van der Waals surface area contributed by atoms with Crippen molar-refractivity contribution in [1.29, 1.82) is 0 Å². The fraction of sp³-hybridized carbons (Fsp3) is 0.286. The Bertz CT molecular complexity index is 434. The minimum Gasteiger partial charge on any atom is -1.00 e. The molecule has 0 fully saturated rings. The Morgan fingerprint density at radius 1 is 1.39 bits per heavy atom. The molecule has 1 rings (SSSR count). The normalized spacial score (nSPS) is 12.8. The van der Waals surface area contributed by atoms with Gasteiger partial charge in [-0.3, -0.25) is 9.59 Å². The van der Waals surface area contributed by atoms with Crippen LogP contribution in [0.25, 0.3) is 0 Å². The molecule has 0 aliphatic rings. The van der Waals surface area contributed by atoms with Crippen LogP contribution in [0, 0.1) is 5.41 Å². The van der Waals surface area contributed by atoms with E-state index in [1.54, 1.807) is 37.3 Å². The van der Waals surface area contributed by atoms with Crippen molar-refractivity contribution in [2.45, 2.75) is 13.3 Å². The third kappa shape index (κ3) is 3.55. The molecule has 1 unspecified atom stereocenters. The maximum atomic E-state index is 12.3. The van der Waals surface area contributed by atoms with Gasteiger partial charge in [0, 0.05) is 5.56 Å². The number of Topliss-reactive ketones (excluding diaryl/α,β-unsaturated/α-hetero) is 1. The standard InChI is InChI=1S/C14H16O3.Na.H/c1-4-10-14(2,13(16)17-3)12(15)11-8-6-5-7-9-11;;/h4-9H,1,10H2,2-3H3;;/q;+1;-1. The summed E-state index contributed by atoms with van der Waals surface area (Å²) in [6, 6.07) is 8.72. The Balaban J connectivity index is 0. The molecule has 0 radical (unpaired) electrons. The molecular weight excluding hydrogens is 239 g/mol. The van der Waals surface area contributed by atoms with Gasteiger partial charge in [0.25, 0.3) is 0 Å². The first-order valence-corrected chi connectivity index (χ1v) is 5.35. The first-order valence-electron chi connectivity index (χ1n) is 5.35. The largest absolute Gasteiger partial charge is 1.00 e. The fourth-order valence-corrected chi connectivity index (χ4v) is 1.69. The van der Waals surface area contributed by atoms with Gasteiger partial charge >= 0.3 is 35.5 Å². The molecule has 0 N–H and O–H groups in total. The zero-order chi connectivity index (χ0) is 12.9. The molecule has 3 nitrogen and oxygen atoms in total. The van der Waals surface area contributed by atoms with Crippen LogP contribution in [0.5, 0.6) is 0 Å². The summed E-state index contributed by atoms with van der Waals surface area (Å²) in [6.07, 6.45) is 1.81. The van der Waals surface area contributed by atoms with Crippen LogP contribution in [-0.2, 0) is 9.53 Å². The first-order chi connectivity index (χ1) is 8.06. The van der Waals surface area contributed by atoms with Crippen molar-refractivity contribution >= 4 is 11.8 Å². The van der Waals surface area contributed by atoms with Crippen molar-refractivity contribution < 1.29 is 45.3 Å². The molecule has 0 saturated carbocycles. The van der Waals surface area contributed by atoms with E-state index in [1.165, 1.54) is 7.11 Å². The van der Waals surface area contributed by atoms with E-state index in [0.717, 1.165) is 0 Å². The van der Waals surface area contributed by atoms with Crippen LogP contribution in [0.2, 0.25) is 0 Å². The van der Waals surface area contributed by atoms with Crippen LogP contribution in [0.4, 0.5) is 0 Å². The molecule has 0 aromatic heterocycles. The summed E-state index contributed by atoms with van der Waals surface area (Å²) in [7, 11) is 1.28. The van der Waals surface area contributed by atoms with Gasteiger partial charge in [-0.05, 0) is 13.3 Å². The summed E-state index contributed by atoms with van der Waals surface area (Å²) in [5.74, 6) is -0.781. The fourth-order valence-electron chi connectivity index (χ4n) is 1.69. The van der Waals surface area contributed by atoms with Crippen LogP contribution in [0.1, 0.15) is 25.1 Å². The van der Waals surface area contributed by atoms with Crippen LogP contribution in [0.3, 0.4) is 0 Å². The van der Waals surface area contributed by atoms with E-state index in [0.29, 0.717) is 5.56 Å². The second-order valence-electron chi connectivity index (χ2n) is 4.01. The number of rotatable bonds is 5. The van der Waals surface area contributed by atoms with E-state index in [1.807, 2.05) is 6.07 Å². The SMILES string of the molecule is C=CCC(C)(C(=O)OC)C(=O)c1ccccc1.[H-].[Na+]. The Hall–Kier alpha value is -0.900. The van der Waals surface area contributed by atoms with E-state index < -0.39 is 11.4 Å². The molecule has 0 saturated heterocycles. The van der Waals surface area contributed by atoms with Crippen molar-refractivity contribution in [1.82, 2.24) is 0 Å². The van der Waals surface area contributed by atoms with Crippen molar-refractivity contribution in [3.8, 4) is 0 Å². The van der Waals surface area contributed by atoms with Crippen LogP contribution in [0.15, 0.2) is 43.0 Å². The molecule has 92 valence electrons. The molecule has 4 heteroatoms. The average Bonchev–Trinajstić information content (AvgIpc) is 2.38. The Morgan fingerprint density at radius 3 is 2.39 bits per heavy atom. The van der Waals surface area contributed by atoms with Crippen molar-refractivity contribution in [3.63, 3.8) is 0 Å². The predicted octanol–water partition coefficient (Wildman–Crippen LogP) is -0.259. The molecule has 18 heavy (non-hydrogen) atoms. The summed E-state index contributed by atoms with van der Waals surface area (Å²) < 4.78 is 4.70. The van der Waals surface area contributed by atoms with Crippen LogP contribution >= 0.6 is 0 Å². The number of allylic oxidation sites excluding steroid dienone is 1. The number of carbonyl (C=O) groups excluding carboxylic acids is 2. The molecule has 0 bridgehead atoms. The monoisotopic (exact) mass is 256 g/mol. The Kier molecular flexibility index (Phi) is 7.14. The molecule has 1 atom stereocenters. The van der Waals surface area contributed by atoms with Gasteiger partial charge in [0.15, 0.2) is 5.78 Å². The number of hydrogen-bond acceptors (Lipinski definition) is 3. The average molecular weight is 256 g/mol. The van der Waals surface area contributed by atoms with Gasteiger partial charge in [0.1, 0.15) is 5.41 Å². The molecule has 1 aromatic carbocycles. The molecule has 1 aromatic rings. The van der Waals surface area contributed by atoms with Crippen molar-refractivity contribution in [2.24, 2.45) is 5.41 Å². The molecule has 0 aliphatic heterocycles. The third-order valence-corrected chi connectivity index (χ3v) is 2.73. The van der Waals surface area contributed by atoms with Crippen molar-refractivity contribution in [2.75, 3.05) is 7.11 Å². The maximum absolute atomic E-state index is 12.3. The number of methoxy groups -OCH3 is 1. The predicted molar refractivity (Wildman–Crippen MR) is 66.8 cm³/mol. The van der Waals surface area contributed by atoms with Gasteiger partial charge in [-0.2, -0.15) is 0 Å². The minimum absolute atomic E-state index is 0. The van der Waals surface area contributed by atoms with Gasteiger partial charge < -0.3 is 6.16 Å². The number of benzene rings is 1. The van der Waals surface area contributed by atoms with E-state index >= 15 is 0 Å². The summed E-state index contributed by atoms with van der Waals surface area (Å²) in [6.45, 7) is 5.16. The zero-order valence-corrected chi connectivity index (χ0v) is 13.1. The van der Waals surface area contributed by atoms with Gasteiger partial charge in [0.05, 0.1) is 7.11 Å². The summed E-state index contributed by atoms with van der Waals surface area (Å²) in [5.41, 5.74) is -0.694. The molecule has 0 heterocycles. The van der Waals surface area contributed by atoms with Gasteiger partial charge in [-0.25, -0.2) is 0 Å². The maximum Gasteiger partial charge on any atom is 1.00 e. The molecule has 0 amide bonds. The second kappa shape index (κ2) is 7.52. The number of carbonyl (C=O) groups is 2. The van der Waals surface area contributed by atoms with Gasteiger partial charge in [-0.1, -0.05) is 36.4 Å². The molecule has 0 spiro atoms. The number of hydrogen-bond donors (Lipinski definition) is 0. The van der Waals surface area contributed by atoms with Gasteiger partial charge in [0.2, 0.25) is 0 Å². The van der Waals surface area contributed by atoms with Gasteiger partial charge in [-0.15, -0.1) is 6.58 Å². The molecular formula is C14H17NaO3. The quantitative estimate of drug-likeness (QED) is 0.240.